The van der Waals surface area contributed by atoms with Gasteiger partial charge >= 0.3 is 0 Å². The molecule has 138 valence electrons. The van der Waals surface area contributed by atoms with Gasteiger partial charge in [-0.2, -0.15) is 5.10 Å². The average Bonchev–Trinajstić information content (AvgIpc) is 2.94. The summed E-state index contributed by atoms with van der Waals surface area (Å²) in [6.45, 7) is 4.07. The monoisotopic (exact) mass is 371 g/mol. The lowest BCUT2D eigenvalue weighted by Crippen LogP contribution is -2.35. The normalized spacial score (nSPS) is 17.8. The van der Waals surface area contributed by atoms with Gasteiger partial charge in [-0.05, 0) is 56.1 Å². The largest absolute Gasteiger partial charge is 0.317 e. The van der Waals surface area contributed by atoms with Gasteiger partial charge in [-0.3, -0.25) is 15.0 Å². The third kappa shape index (κ3) is 4.61. The summed E-state index contributed by atoms with van der Waals surface area (Å²) in [7, 11) is 0. The van der Waals surface area contributed by atoms with Crippen molar-refractivity contribution in [2.75, 3.05) is 13.1 Å². The smallest absolute Gasteiger partial charge is 0.0653 e. The summed E-state index contributed by atoms with van der Waals surface area (Å²) in [4.78, 5) is 7.14. The van der Waals surface area contributed by atoms with Gasteiger partial charge in [0.15, 0.2) is 0 Å². The van der Waals surface area contributed by atoms with E-state index >= 15 is 0 Å². The minimum Gasteiger partial charge on any atom is -0.317 e. The molecular formula is C20H26ClN5. The molecule has 3 aromatic rings. The SMILES string of the molecule is Cl.c1ccc(CN(Cc2ccc3cn[nH]c3c2)C2CCCNCC2)nc1. The molecule has 1 fully saturated rings. The van der Waals surface area contributed by atoms with Crippen molar-refractivity contribution in [3.05, 3.63) is 60.0 Å². The van der Waals surface area contributed by atoms with Crippen LogP contribution in [0.4, 0.5) is 0 Å². The first kappa shape index (κ1) is 18.8. The zero-order valence-corrected chi connectivity index (χ0v) is 15.7. The van der Waals surface area contributed by atoms with Crippen molar-refractivity contribution in [3.63, 3.8) is 0 Å². The lowest BCUT2D eigenvalue weighted by atomic mass is 10.0. The third-order valence-corrected chi connectivity index (χ3v) is 5.04. The van der Waals surface area contributed by atoms with Gasteiger partial charge in [-0.25, -0.2) is 0 Å². The number of fused-ring (bicyclic) bond motifs is 1. The average molecular weight is 372 g/mol. The number of pyridine rings is 1. The summed E-state index contributed by atoms with van der Waals surface area (Å²) in [5, 5.41) is 11.9. The molecule has 1 aromatic carbocycles. The van der Waals surface area contributed by atoms with Crippen molar-refractivity contribution in [2.24, 2.45) is 0 Å². The molecule has 0 amide bonds. The zero-order chi connectivity index (χ0) is 16.9. The second-order valence-electron chi connectivity index (χ2n) is 6.85. The minimum absolute atomic E-state index is 0. The highest BCUT2D eigenvalue weighted by atomic mass is 35.5. The maximum atomic E-state index is 4.55. The predicted molar refractivity (Wildman–Crippen MR) is 107 cm³/mol. The number of nitrogens with zero attached hydrogens (tertiary/aromatic N) is 3. The molecule has 3 heterocycles. The van der Waals surface area contributed by atoms with Crippen molar-refractivity contribution in [2.45, 2.75) is 38.4 Å². The van der Waals surface area contributed by atoms with Gasteiger partial charge in [0.05, 0.1) is 17.4 Å². The molecule has 0 saturated carbocycles. The number of hydrogen-bond donors (Lipinski definition) is 2. The predicted octanol–water partition coefficient (Wildman–Crippen LogP) is 3.52. The number of halogens is 1. The van der Waals surface area contributed by atoms with Crippen LogP contribution in [0.1, 0.15) is 30.5 Å². The summed E-state index contributed by atoms with van der Waals surface area (Å²) < 4.78 is 0. The molecule has 2 aromatic heterocycles. The van der Waals surface area contributed by atoms with Crippen molar-refractivity contribution < 1.29 is 0 Å². The number of nitrogens with one attached hydrogen (secondary N) is 2. The summed E-state index contributed by atoms with van der Waals surface area (Å²) >= 11 is 0. The highest BCUT2D eigenvalue weighted by Crippen LogP contribution is 2.21. The van der Waals surface area contributed by atoms with Crippen LogP contribution in [0.15, 0.2) is 48.8 Å². The molecule has 1 aliphatic rings. The van der Waals surface area contributed by atoms with E-state index in [9.17, 15) is 0 Å². The number of aromatic amines is 1. The Balaban J connectivity index is 0.00000196. The molecule has 1 aliphatic heterocycles. The number of benzene rings is 1. The van der Waals surface area contributed by atoms with Gasteiger partial charge < -0.3 is 5.32 Å². The molecule has 4 rings (SSSR count). The van der Waals surface area contributed by atoms with E-state index in [0.29, 0.717) is 6.04 Å². The van der Waals surface area contributed by atoms with E-state index in [2.05, 4.69) is 55.7 Å². The van der Waals surface area contributed by atoms with Crippen LogP contribution in [0.3, 0.4) is 0 Å². The molecular weight excluding hydrogens is 346 g/mol. The number of rotatable bonds is 5. The Morgan fingerprint density at radius 2 is 2.04 bits per heavy atom. The van der Waals surface area contributed by atoms with Crippen molar-refractivity contribution in [3.8, 4) is 0 Å². The van der Waals surface area contributed by atoms with E-state index in [1.165, 1.54) is 30.2 Å². The van der Waals surface area contributed by atoms with Gasteiger partial charge in [0.1, 0.15) is 0 Å². The summed E-state index contributed by atoms with van der Waals surface area (Å²) in [5.41, 5.74) is 3.57. The maximum Gasteiger partial charge on any atom is 0.0653 e. The van der Waals surface area contributed by atoms with E-state index in [4.69, 9.17) is 0 Å². The second-order valence-corrected chi connectivity index (χ2v) is 6.85. The Morgan fingerprint density at radius 1 is 1.08 bits per heavy atom. The lowest BCUT2D eigenvalue weighted by Gasteiger charge is -2.31. The Bertz CT molecular complexity index is 796. The zero-order valence-electron chi connectivity index (χ0n) is 14.9. The Hall–Kier alpha value is -1.95. The van der Waals surface area contributed by atoms with E-state index in [0.717, 1.165) is 37.4 Å². The first-order valence-electron chi connectivity index (χ1n) is 9.15. The summed E-state index contributed by atoms with van der Waals surface area (Å²) in [6.07, 6.45) is 7.44. The number of aromatic nitrogens is 3. The van der Waals surface area contributed by atoms with E-state index in [1.54, 1.807) is 0 Å². The first-order valence-corrected chi connectivity index (χ1v) is 9.15. The Labute approximate surface area is 160 Å². The summed E-state index contributed by atoms with van der Waals surface area (Å²) in [6, 6.07) is 13.4. The second kappa shape index (κ2) is 9.12. The molecule has 1 unspecified atom stereocenters. The molecule has 0 spiro atoms. The molecule has 2 N–H and O–H groups in total. The Kier molecular flexibility index (Phi) is 6.61. The van der Waals surface area contributed by atoms with Gasteiger partial charge in [0.2, 0.25) is 0 Å². The molecule has 5 nitrogen and oxygen atoms in total. The third-order valence-electron chi connectivity index (χ3n) is 5.04. The van der Waals surface area contributed by atoms with Crippen LogP contribution in [-0.2, 0) is 13.1 Å². The van der Waals surface area contributed by atoms with Crippen molar-refractivity contribution >= 4 is 23.3 Å². The fraction of sp³-hybridized carbons (Fsp3) is 0.400. The van der Waals surface area contributed by atoms with Gasteiger partial charge in [0, 0.05) is 30.7 Å². The topological polar surface area (TPSA) is 56.8 Å². The van der Waals surface area contributed by atoms with Crippen molar-refractivity contribution in [1.29, 1.82) is 0 Å². The quantitative estimate of drug-likeness (QED) is 0.720. The number of H-pyrrole nitrogens is 1. The van der Waals surface area contributed by atoms with Crippen LogP contribution in [0.25, 0.3) is 10.9 Å². The molecule has 6 heteroatoms. The van der Waals surface area contributed by atoms with E-state index in [1.807, 2.05) is 18.5 Å². The van der Waals surface area contributed by atoms with Crippen LogP contribution < -0.4 is 5.32 Å². The van der Waals surface area contributed by atoms with Crippen LogP contribution >= 0.6 is 12.4 Å². The highest BCUT2D eigenvalue weighted by molar-refractivity contribution is 5.85. The maximum absolute atomic E-state index is 4.55. The Morgan fingerprint density at radius 3 is 2.92 bits per heavy atom. The highest BCUT2D eigenvalue weighted by Gasteiger charge is 2.21. The minimum atomic E-state index is 0. The van der Waals surface area contributed by atoms with Crippen LogP contribution in [-0.4, -0.2) is 39.2 Å². The molecule has 26 heavy (non-hydrogen) atoms. The lowest BCUT2D eigenvalue weighted by molar-refractivity contribution is 0.162. The van der Waals surface area contributed by atoms with Gasteiger partial charge in [-0.1, -0.05) is 18.2 Å². The van der Waals surface area contributed by atoms with E-state index < -0.39 is 0 Å². The first-order chi connectivity index (χ1) is 12.4. The number of hydrogen-bond acceptors (Lipinski definition) is 4. The molecule has 1 saturated heterocycles. The van der Waals surface area contributed by atoms with Gasteiger partial charge in [-0.15, -0.1) is 12.4 Å². The molecule has 0 radical (unpaired) electrons. The summed E-state index contributed by atoms with van der Waals surface area (Å²) in [5.74, 6) is 0. The fourth-order valence-electron chi connectivity index (χ4n) is 3.70. The van der Waals surface area contributed by atoms with Gasteiger partial charge in [0.25, 0.3) is 0 Å². The standard InChI is InChI=1S/C20H25N5.ClH/c1-2-10-22-18(4-1)15-25(19-5-3-9-21-11-8-19)14-16-6-7-17-13-23-24-20(17)12-16;/h1-2,4,6-7,10,12-13,19,21H,3,5,8-9,11,14-15H2,(H,23,24);1H. The fourth-order valence-corrected chi connectivity index (χ4v) is 3.70. The van der Waals surface area contributed by atoms with Crippen LogP contribution in [0.5, 0.6) is 0 Å². The van der Waals surface area contributed by atoms with Crippen molar-refractivity contribution in [1.82, 2.24) is 25.4 Å². The van der Waals surface area contributed by atoms with Crippen LogP contribution in [0.2, 0.25) is 0 Å². The van der Waals surface area contributed by atoms with Crippen LogP contribution in [0, 0.1) is 0 Å². The molecule has 0 bridgehead atoms. The molecule has 0 aliphatic carbocycles. The van der Waals surface area contributed by atoms with E-state index in [-0.39, 0.29) is 12.4 Å². The molecule has 1 atom stereocenters.